The topological polar surface area (TPSA) is 97.5 Å². The number of hydrogen-bond donors (Lipinski definition) is 2. The summed E-state index contributed by atoms with van der Waals surface area (Å²) in [6.45, 7) is 6.24. The number of carbonyl (C=O) groups is 2. The number of piperidine rings is 1. The van der Waals surface area contributed by atoms with Crippen molar-refractivity contribution in [3.63, 3.8) is 0 Å². The van der Waals surface area contributed by atoms with Gasteiger partial charge in [0.15, 0.2) is 0 Å². The Morgan fingerprint density at radius 1 is 1.33 bits per heavy atom. The number of aromatic nitrogens is 1. The van der Waals surface area contributed by atoms with Crippen LogP contribution >= 0.6 is 11.3 Å². The van der Waals surface area contributed by atoms with Gasteiger partial charge in [0.05, 0.1) is 17.4 Å². The molecule has 0 aromatic carbocycles. The Bertz CT molecular complexity index is 872. The zero-order chi connectivity index (χ0) is 19.8. The number of hydrogen-bond acceptors (Lipinski definition) is 6. The first-order valence-corrected chi connectivity index (χ1v) is 9.93. The highest BCUT2D eigenvalue weighted by Crippen LogP contribution is 2.36. The molecular formula is C19H26N4O3S. The number of thiophene rings is 1. The van der Waals surface area contributed by atoms with E-state index in [1.807, 2.05) is 32.9 Å². The number of nitrogens with two attached hydrogens (primary N) is 1. The summed E-state index contributed by atoms with van der Waals surface area (Å²) in [5.41, 5.74) is 6.82. The van der Waals surface area contributed by atoms with E-state index in [1.54, 1.807) is 11.9 Å². The Hall–Kier alpha value is -2.35. The molecule has 0 radical (unpaired) electrons. The van der Waals surface area contributed by atoms with E-state index in [4.69, 9.17) is 15.5 Å². The minimum Gasteiger partial charge on any atom is -0.444 e. The monoisotopic (exact) mass is 390 g/mol. The Balaban J connectivity index is 1.94. The van der Waals surface area contributed by atoms with Gasteiger partial charge in [0.25, 0.3) is 5.91 Å². The summed E-state index contributed by atoms with van der Waals surface area (Å²) in [7, 11) is 1.58. The Morgan fingerprint density at radius 2 is 2.07 bits per heavy atom. The normalized spacial score (nSPS) is 17.8. The Morgan fingerprint density at radius 3 is 2.74 bits per heavy atom. The molecule has 0 saturated carbocycles. The van der Waals surface area contributed by atoms with Crippen LogP contribution in [-0.2, 0) is 4.74 Å². The van der Waals surface area contributed by atoms with Crippen LogP contribution in [-0.4, -0.2) is 41.1 Å². The molecule has 2 aromatic heterocycles. The van der Waals surface area contributed by atoms with Gasteiger partial charge in [0.1, 0.15) is 15.3 Å². The number of rotatable bonds is 2. The van der Waals surface area contributed by atoms with E-state index in [0.717, 1.165) is 30.3 Å². The van der Waals surface area contributed by atoms with Crippen molar-refractivity contribution in [2.24, 2.45) is 0 Å². The van der Waals surface area contributed by atoms with Gasteiger partial charge in [-0.05, 0) is 52.2 Å². The van der Waals surface area contributed by atoms with Crippen molar-refractivity contribution in [3.8, 4) is 0 Å². The fourth-order valence-electron chi connectivity index (χ4n) is 3.26. The number of nitrogen functional groups attached to an aromatic ring is 1. The number of fused-ring (bicyclic) bond motifs is 1. The van der Waals surface area contributed by atoms with E-state index in [2.05, 4.69) is 5.32 Å². The highest BCUT2D eigenvalue weighted by atomic mass is 32.1. The standard InChI is InChI=1S/C19H26N4O3S/c1-19(2,3)26-18(25)23-10-6-5-7-13(23)12-9-8-11-14(20)15(16(24)21-4)27-17(11)22-12/h8-9,13H,5-7,10,20H2,1-4H3,(H,21,24)/t13-/m0/s1. The predicted molar refractivity (Wildman–Crippen MR) is 107 cm³/mol. The molecule has 2 amide bonds. The van der Waals surface area contributed by atoms with Crippen LogP contribution in [0, 0.1) is 0 Å². The largest absolute Gasteiger partial charge is 0.444 e. The van der Waals surface area contributed by atoms with E-state index < -0.39 is 5.60 Å². The maximum atomic E-state index is 12.7. The van der Waals surface area contributed by atoms with E-state index in [0.29, 0.717) is 21.9 Å². The summed E-state index contributed by atoms with van der Waals surface area (Å²) in [6.07, 6.45) is 2.50. The minimum absolute atomic E-state index is 0.134. The van der Waals surface area contributed by atoms with Crippen LogP contribution in [0.4, 0.5) is 10.5 Å². The zero-order valence-corrected chi connectivity index (χ0v) is 17.0. The van der Waals surface area contributed by atoms with Crippen LogP contribution in [0.2, 0.25) is 0 Å². The third-order valence-electron chi connectivity index (χ3n) is 4.52. The number of nitrogens with one attached hydrogen (secondary N) is 1. The molecule has 2 aromatic rings. The van der Waals surface area contributed by atoms with Gasteiger partial charge in [0.2, 0.25) is 0 Å². The van der Waals surface area contributed by atoms with Gasteiger partial charge in [-0.15, -0.1) is 11.3 Å². The fourth-order valence-corrected chi connectivity index (χ4v) is 4.30. The Kier molecular flexibility index (Phi) is 5.28. The van der Waals surface area contributed by atoms with Gasteiger partial charge in [-0.3, -0.25) is 9.69 Å². The number of likely N-dealkylation sites (tertiary alicyclic amines) is 1. The number of ether oxygens (including phenoxy) is 1. The summed E-state index contributed by atoms with van der Waals surface area (Å²) in [5.74, 6) is -0.218. The molecule has 0 aliphatic carbocycles. The zero-order valence-electron chi connectivity index (χ0n) is 16.2. The SMILES string of the molecule is CNC(=O)c1sc2nc([C@@H]3CCCCN3C(=O)OC(C)(C)C)ccc2c1N. The molecule has 1 aliphatic rings. The first-order valence-electron chi connectivity index (χ1n) is 9.12. The predicted octanol–water partition coefficient (Wildman–Crippen LogP) is 3.70. The highest BCUT2D eigenvalue weighted by molar-refractivity contribution is 7.21. The van der Waals surface area contributed by atoms with E-state index in [-0.39, 0.29) is 18.0 Å². The minimum atomic E-state index is -0.541. The quantitative estimate of drug-likeness (QED) is 0.815. The third kappa shape index (κ3) is 4.00. The molecule has 1 atom stereocenters. The average molecular weight is 391 g/mol. The smallest absolute Gasteiger partial charge is 0.410 e. The van der Waals surface area contributed by atoms with Gasteiger partial charge in [0, 0.05) is 19.0 Å². The molecule has 0 unspecified atom stereocenters. The molecule has 1 fully saturated rings. The van der Waals surface area contributed by atoms with E-state index in [9.17, 15) is 9.59 Å². The molecule has 0 bridgehead atoms. The molecule has 27 heavy (non-hydrogen) atoms. The Labute approximate surface area is 162 Å². The lowest BCUT2D eigenvalue weighted by Crippen LogP contribution is -2.42. The summed E-state index contributed by atoms with van der Waals surface area (Å²) in [6, 6.07) is 3.65. The van der Waals surface area contributed by atoms with Crippen molar-refractivity contribution in [1.29, 1.82) is 0 Å². The van der Waals surface area contributed by atoms with Crippen LogP contribution in [0.5, 0.6) is 0 Å². The average Bonchev–Trinajstić information content (AvgIpc) is 2.96. The van der Waals surface area contributed by atoms with Crippen molar-refractivity contribution < 1.29 is 14.3 Å². The molecule has 3 heterocycles. The second-order valence-corrected chi connectivity index (χ2v) is 8.70. The van der Waals surface area contributed by atoms with E-state index >= 15 is 0 Å². The van der Waals surface area contributed by atoms with Crippen molar-refractivity contribution in [3.05, 3.63) is 22.7 Å². The summed E-state index contributed by atoms with van der Waals surface area (Å²) >= 11 is 1.27. The van der Waals surface area contributed by atoms with Crippen molar-refractivity contribution in [1.82, 2.24) is 15.2 Å². The highest BCUT2D eigenvalue weighted by Gasteiger charge is 2.32. The molecule has 0 spiro atoms. The lowest BCUT2D eigenvalue weighted by atomic mass is 9.99. The van der Waals surface area contributed by atoms with Crippen LogP contribution in [0.25, 0.3) is 10.2 Å². The first kappa shape index (κ1) is 19.4. The molecule has 7 nitrogen and oxygen atoms in total. The number of anilines is 1. The van der Waals surface area contributed by atoms with Gasteiger partial charge in [-0.1, -0.05) is 0 Å². The van der Waals surface area contributed by atoms with Crippen LogP contribution in [0.15, 0.2) is 12.1 Å². The number of carbonyl (C=O) groups excluding carboxylic acids is 2. The third-order valence-corrected chi connectivity index (χ3v) is 5.63. The van der Waals surface area contributed by atoms with Crippen LogP contribution in [0.3, 0.4) is 0 Å². The summed E-state index contributed by atoms with van der Waals surface area (Å²) in [4.78, 5) is 32.3. The second-order valence-electron chi connectivity index (χ2n) is 7.70. The van der Waals surface area contributed by atoms with Gasteiger partial charge >= 0.3 is 6.09 Å². The molecule has 3 N–H and O–H groups in total. The van der Waals surface area contributed by atoms with E-state index in [1.165, 1.54) is 11.3 Å². The fraction of sp³-hybridized carbons (Fsp3) is 0.526. The maximum Gasteiger partial charge on any atom is 0.410 e. The molecule has 1 saturated heterocycles. The molecule has 146 valence electrons. The number of amides is 2. The van der Waals surface area contributed by atoms with Crippen molar-refractivity contribution >= 4 is 39.2 Å². The molecule has 3 rings (SSSR count). The van der Waals surface area contributed by atoms with Gasteiger partial charge < -0.3 is 15.8 Å². The number of nitrogens with zero attached hydrogens (tertiary/aromatic N) is 2. The van der Waals surface area contributed by atoms with Gasteiger partial charge in [-0.2, -0.15) is 0 Å². The first-order chi connectivity index (χ1) is 12.7. The second kappa shape index (κ2) is 7.34. The lowest BCUT2D eigenvalue weighted by Gasteiger charge is -2.36. The molecular weight excluding hydrogens is 364 g/mol. The molecule has 8 heteroatoms. The summed E-state index contributed by atoms with van der Waals surface area (Å²) < 4.78 is 5.57. The van der Waals surface area contributed by atoms with Crippen molar-refractivity contribution in [2.45, 2.75) is 51.7 Å². The van der Waals surface area contributed by atoms with Crippen LogP contribution < -0.4 is 11.1 Å². The van der Waals surface area contributed by atoms with Crippen LogP contribution in [0.1, 0.15) is 61.4 Å². The number of pyridine rings is 1. The lowest BCUT2D eigenvalue weighted by molar-refractivity contribution is 0.00903. The van der Waals surface area contributed by atoms with Crippen molar-refractivity contribution in [2.75, 3.05) is 19.3 Å². The maximum absolute atomic E-state index is 12.7. The summed E-state index contributed by atoms with van der Waals surface area (Å²) in [5, 5.41) is 3.36. The molecule has 1 aliphatic heterocycles. The van der Waals surface area contributed by atoms with Gasteiger partial charge in [-0.25, -0.2) is 9.78 Å².